The molecule has 2 heteroatoms. The molecule has 1 aliphatic carbocycles. The molecule has 0 saturated heterocycles. The van der Waals surface area contributed by atoms with Gasteiger partial charge in [-0.15, -0.1) is 0 Å². The van der Waals surface area contributed by atoms with Crippen molar-refractivity contribution in [3.63, 3.8) is 0 Å². The summed E-state index contributed by atoms with van der Waals surface area (Å²) in [5, 5.41) is 3.67. The molecule has 0 aromatic heterocycles. The molecule has 0 bridgehead atoms. The van der Waals surface area contributed by atoms with Gasteiger partial charge in [0.2, 0.25) is 0 Å². The Hall–Kier alpha value is 0.310. The average Bonchev–Trinajstić information content (AvgIpc) is 2.33. The maximum absolute atomic E-state index is 3.67. The minimum Gasteiger partial charge on any atom is -0.313 e. The predicted octanol–water partition coefficient (Wildman–Crippen LogP) is 4.86. The van der Waals surface area contributed by atoms with Crippen LogP contribution in [0.25, 0.3) is 0 Å². The van der Waals surface area contributed by atoms with Crippen molar-refractivity contribution in [1.82, 2.24) is 5.32 Å². The summed E-state index contributed by atoms with van der Waals surface area (Å²) in [6.07, 6.45) is 10.2. The zero-order valence-electron chi connectivity index (χ0n) is 12.9. The number of hydrogen-bond donors (Lipinski definition) is 1. The van der Waals surface area contributed by atoms with E-state index in [4.69, 9.17) is 0 Å². The Balaban J connectivity index is 2.23. The van der Waals surface area contributed by atoms with Crippen LogP contribution in [0.2, 0.25) is 0 Å². The minimum atomic E-state index is 0.401. The van der Waals surface area contributed by atoms with E-state index < -0.39 is 0 Å². The molecule has 0 heterocycles. The van der Waals surface area contributed by atoms with Crippen molar-refractivity contribution >= 4 is 11.8 Å². The van der Waals surface area contributed by atoms with Crippen LogP contribution in [0, 0.1) is 5.92 Å². The fourth-order valence-corrected chi connectivity index (χ4v) is 3.78. The molecule has 1 rings (SSSR count). The Kier molecular flexibility index (Phi) is 7.70. The van der Waals surface area contributed by atoms with E-state index in [1.807, 2.05) is 0 Å². The van der Waals surface area contributed by atoms with Crippen molar-refractivity contribution in [2.75, 3.05) is 12.3 Å². The molecule has 1 atom stereocenters. The normalized spacial score (nSPS) is 20.0. The Bertz CT molecular complexity index is 204. The zero-order valence-corrected chi connectivity index (χ0v) is 13.7. The molecule has 1 N–H and O–H groups in total. The van der Waals surface area contributed by atoms with Crippen molar-refractivity contribution in [3.8, 4) is 0 Å². The number of rotatable bonds is 7. The molecule has 0 spiro atoms. The molecule has 1 nitrogen and oxygen atoms in total. The highest BCUT2D eigenvalue weighted by atomic mass is 32.2. The van der Waals surface area contributed by atoms with E-state index in [0.29, 0.717) is 4.75 Å². The molecular formula is C16H33NS. The summed E-state index contributed by atoms with van der Waals surface area (Å²) >= 11 is 2.11. The summed E-state index contributed by atoms with van der Waals surface area (Å²) in [7, 11) is 0. The summed E-state index contributed by atoms with van der Waals surface area (Å²) in [5.41, 5.74) is 0. The van der Waals surface area contributed by atoms with Crippen molar-refractivity contribution in [3.05, 3.63) is 0 Å². The van der Waals surface area contributed by atoms with Crippen LogP contribution in [0.15, 0.2) is 0 Å². The average molecular weight is 272 g/mol. The van der Waals surface area contributed by atoms with Gasteiger partial charge < -0.3 is 5.32 Å². The van der Waals surface area contributed by atoms with Crippen LogP contribution in [-0.2, 0) is 0 Å². The molecule has 1 aliphatic rings. The second-order valence-corrected chi connectivity index (χ2v) is 8.61. The first-order chi connectivity index (χ1) is 8.51. The SMILES string of the molecule is CCNC(CCC1CCCCC1)CSC(C)(C)C. The second-order valence-electron chi connectivity index (χ2n) is 6.76. The Morgan fingerprint density at radius 3 is 2.39 bits per heavy atom. The highest BCUT2D eigenvalue weighted by molar-refractivity contribution is 8.00. The van der Waals surface area contributed by atoms with Crippen LogP contribution >= 0.6 is 11.8 Å². The second kappa shape index (κ2) is 8.47. The summed E-state index contributed by atoms with van der Waals surface area (Å²) < 4.78 is 0.401. The van der Waals surface area contributed by atoms with Gasteiger partial charge in [-0.1, -0.05) is 59.8 Å². The molecule has 108 valence electrons. The van der Waals surface area contributed by atoms with Crippen molar-refractivity contribution in [1.29, 1.82) is 0 Å². The summed E-state index contributed by atoms with van der Waals surface area (Å²) in [6, 6.07) is 0.723. The van der Waals surface area contributed by atoms with E-state index in [9.17, 15) is 0 Å². The van der Waals surface area contributed by atoms with Gasteiger partial charge in [0.15, 0.2) is 0 Å². The maximum atomic E-state index is 3.67. The van der Waals surface area contributed by atoms with Crippen LogP contribution in [0.1, 0.15) is 72.6 Å². The standard InChI is InChI=1S/C16H33NS/c1-5-17-15(13-18-16(2,3)4)12-11-14-9-7-6-8-10-14/h14-15,17H,5-13H2,1-4H3. The summed E-state index contributed by atoms with van der Waals surface area (Å²) in [5.74, 6) is 2.30. The third-order valence-electron chi connectivity index (χ3n) is 3.86. The third kappa shape index (κ3) is 7.68. The van der Waals surface area contributed by atoms with E-state index in [0.717, 1.165) is 18.5 Å². The molecule has 0 aliphatic heterocycles. The van der Waals surface area contributed by atoms with Gasteiger partial charge in [0.25, 0.3) is 0 Å². The van der Waals surface area contributed by atoms with E-state index in [-0.39, 0.29) is 0 Å². The lowest BCUT2D eigenvalue weighted by molar-refractivity contribution is 0.319. The Labute approximate surface area is 119 Å². The van der Waals surface area contributed by atoms with E-state index >= 15 is 0 Å². The van der Waals surface area contributed by atoms with Gasteiger partial charge in [0.1, 0.15) is 0 Å². The first kappa shape index (κ1) is 16.4. The minimum absolute atomic E-state index is 0.401. The topological polar surface area (TPSA) is 12.0 Å². The van der Waals surface area contributed by atoms with Crippen LogP contribution in [0.4, 0.5) is 0 Å². The molecular weight excluding hydrogens is 238 g/mol. The molecule has 0 aromatic carbocycles. The van der Waals surface area contributed by atoms with Gasteiger partial charge >= 0.3 is 0 Å². The number of nitrogens with one attached hydrogen (secondary N) is 1. The number of hydrogen-bond acceptors (Lipinski definition) is 2. The largest absolute Gasteiger partial charge is 0.313 e. The predicted molar refractivity (Wildman–Crippen MR) is 85.5 cm³/mol. The molecule has 0 aromatic rings. The monoisotopic (exact) mass is 271 g/mol. The fraction of sp³-hybridized carbons (Fsp3) is 1.00. The quantitative estimate of drug-likeness (QED) is 0.710. The molecule has 1 unspecified atom stereocenters. The van der Waals surface area contributed by atoms with Gasteiger partial charge in [0.05, 0.1) is 0 Å². The molecule has 0 amide bonds. The zero-order chi connectivity index (χ0) is 13.4. The molecule has 1 saturated carbocycles. The first-order valence-electron chi connectivity index (χ1n) is 7.88. The number of thioether (sulfide) groups is 1. The van der Waals surface area contributed by atoms with Crippen LogP contribution in [-0.4, -0.2) is 23.1 Å². The van der Waals surface area contributed by atoms with Gasteiger partial charge in [0, 0.05) is 16.5 Å². The van der Waals surface area contributed by atoms with Crippen molar-refractivity contribution in [2.24, 2.45) is 5.92 Å². The van der Waals surface area contributed by atoms with E-state index in [2.05, 4.69) is 44.8 Å². The third-order valence-corrected chi connectivity index (χ3v) is 5.29. The van der Waals surface area contributed by atoms with E-state index in [1.165, 1.54) is 50.7 Å². The highest BCUT2D eigenvalue weighted by Gasteiger charge is 2.18. The van der Waals surface area contributed by atoms with Gasteiger partial charge in [-0.3, -0.25) is 0 Å². The molecule has 1 fully saturated rings. The Morgan fingerprint density at radius 1 is 1.17 bits per heavy atom. The molecule has 0 radical (unpaired) electrons. The molecule has 18 heavy (non-hydrogen) atoms. The van der Waals surface area contributed by atoms with Crippen LogP contribution in [0.3, 0.4) is 0 Å². The van der Waals surface area contributed by atoms with Gasteiger partial charge in [-0.25, -0.2) is 0 Å². The fourth-order valence-electron chi connectivity index (χ4n) is 2.80. The van der Waals surface area contributed by atoms with Gasteiger partial charge in [-0.05, 0) is 25.3 Å². The Morgan fingerprint density at radius 2 is 1.83 bits per heavy atom. The lowest BCUT2D eigenvalue weighted by Crippen LogP contribution is -2.33. The smallest absolute Gasteiger partial charge is 0.0158 e. The lowest BCUT2D eigenvalue weighted by atomic mass is 9.85. The lowest BCUT2D eigenvalue weighted by Gasteiger charge is -2.26. The van der Waals surface area contributed by atoms with Crippen LogP contribution < -0.4 is 5.32 Å². The van der Waals surface area contributed by atoms with E-state index in [1.54, 1.807) is 0 Å². The van der Waals surface area contributed by atoms with Crippen LogP contribution in [0.5, 0.6) is 0 Å². The summed E-state index contributed by atoms with van der Waals surface area (Å²) in [6.45, 7) is 10.3. The van der Waals surface area contributed by atoms with Gasteiger partial charge in [-0.2, -0.15) is 11.8 Å². The first-order valence-corrected chi connectivity index (χ1v) is 8.87. The van der Waals surface area contributed by atoms with Crippen molar-refractivity contribution in [2.45, 2.75) is 83.4 Å². The highest BCUT2D eigenvalue weighted by Crippen LogP contribution is 2.29. The maximum Gasteiger partial charge on any atom is 0.0158 e. The summed E-state index contributed by atoms with van der Waals surface area (Å²) in [4.78, 5) is 0. The van der Waals surface area contributed by atoms with Crippen molar-refractivity contribution < 1.29 is 0 Å².